The zero-order valence-corrected chi connectivity index (χ0v) is 22.7. The molecule has 1 aliphatic rings. The van der Waals surface area contributed by atoms with Gasteiger partial charge in [0, 0.05) is 46.6 Å². The number of imidazole rings is 1. The van der Waals surface area contributed by atoms with Crippen LogP contribution >= 0.6 is 23.4 Å². The van der Waals surface area contributed by atoms with Crippen LogP contribution in [0.1, 0.15) is 29.2 Å². The maximum atomic E-state index is 15.0. The van der Waals surface area contributed by atoms with Gasteiger partial charge in [-0.25, -0.2) is 13.8 Å². The molecule has 206 valence electrons. The quantitative estimate of drug-likeness (QED) is 0.171. The molecule has 0 bridgehead atoms. The number of hydrogen-bond donors (Lipinski definition) is 3. The van der Waals surface area contributed by atoms with E-state index in [1.165, 1.54) is 36.2 Å². The number of nitrogens with one attached hydrogen (secondary N) is 2. The molecule has 40 heavy (non-hydrogen) atoms. The van der Waals surface area contributed by atoms with E-state index < -0.39 is 17.5 Å². The Morgan fingerprint density at radius 2 is 2.02 bits per heavy atom. The van der Waals surface area contributed by atoms with Gasteiger partial charge in [-0.1, -0.05) is 11.6 Å². The number of rotatable bonds is 7. The third kappa shape index (κ3) is 4.59. The Bertz CT molecular complexity index is 1740. The molecule has 0 amide bonds. The molecule has 0 radical (unpaired) electrons. The number of aliphatic hydroxyl groups excluding tert-OH is 1. The lowest BCUT2D eigenvalue weighted by Crippen LogP contribution is -2.17. The summed E-state index contributed by atoms with van der Waals surface area (Å²) in [5.74, 6) is -2.11. The SMILES string of the molecule is CSc1c(Oc2ccc(F)c(-c3ncc(C4CCOc5c(CCO)cc(Cl)cc54)[nH]3)c2)c(F)c(F)c2[nH]ccc12. The van der Waals surface area contributed by atoms with Crippen LogP contribution in [0.2, 0.25) is 5.02 Å². The van der Waals surface area contributed by atoms with Gasteiger partial charge in [-0.2, -0.15) is 4.39 Å². The van der Waals surface area contributed by atoms with Crippen LogP contribution in [0.15, 0.2) is 53.7 Å². The highest BCUT2D eigenvalue weighted by atomic mass is 35.5. The van der Waals surface area contributed by atoms with Gasteiger partial charge in [0.1, 0.15) is 23.1 Å². The van der Waals surface area contributed by atoms with Crippen molar-refractivity contribution in [3.63, 3.8) is 0 Å². The number of hydrogen-bond acceptors (Lipinski definition) is 5. The van der Waals surface area contributed by atoms with Gasteiger partial charge in [0.05, 0.1) is 22.6 Å². The molecule has 5 aromatic rings. The molecule has 0 fully saturated rings. The monoisotopic (exact) mass is 585 g/mol. The van der Waals surface area contributed by atoms with Gasteiger partial charge in [0.15, 0.2) is 11.6 Å². The Kier molecular flexibility index (Phi) is 7.16. The lowest BCUT2D eigenvalue weighted by atomic mass is 9.88. The highest BCUT2D eigenvalue weighted by molar-refractivity contribution is 7.99. The van der Waals surface area contributed by atoms with E-state index in [-0.39, 0.29) is 40.9 Å². The number of nitrogens with zero attached hydrogens (tertiary/aromatic N) is 1. The molecule has 0 saturated heterocycles. The molecule has 1 unspecified atom stereocenters. The molecule has 1 atom stereocenters. The number of aromatic amines is 2. The standard InChI is InChI=1S/C29H23ClF3N3O3S/c1-40-28-18-4-7-34-25(18)23(32)24(33)27(28)39-16-2-3-21(31)20(12-16)29-35-13-22(36-29)17-6-9-38-26-14(5-8-37)10-15(30)11-19(17)26/h2-4,7,10-13,17,34,37H,5-6,8-9H2,1H3,(H,35,36). The van der Waals surface area contributed by atoms with Crippen LogP contribution < -0.4 is 9.47 Å². The number of ether oxygens (including phenoxy) is 2. The Morgan fingerprint density at radius 3 is 2.83 bits per heavy atom. The van der Waals surface area contributed by atoms with E-state index in [9.17, 15) is 9.50 Å². The lowest BCUT2D eigenvalue weighted by molar-refractivity contribution is 0.265. The summed E-state index contributed by atoms with van der Waals surface area (Å²) >= 11 is 7.58. The topological polar surface area (TPSA) is 83.2 Å². The Morgan fingerprint density at radius 1 is 1.18 bits per heavy atom. The average molecular weight is 586 g/mol. The molecule has 0 spiro atoms. The first-order valence-electron chi connectivity index (χ1n) is 12.5. The summed E-state index contributed by atoms with van der Waals surface area (Å²) in [6, 6.07) is 9.20. The summed E-state index contributed by atoms with van der Waals surface area (Å²) in [4.78, 5) is 10.8. The first-order valence-corrected chi connectivity index (χ1v) is 14.1. The van der Waals surface area contributed by atoms with Crippen molar-refractivity contribution >= 4 is 34.3 Å². The fourth-order valence-electron chi connectivity index (χ4n) is 5.15. The van der Waals surface area contributed by atoms with Crippen molar-refractivity contribution in [2.45, 2.75) is 23.7 Å². The van der Waals surface area contributed by atoms with E-state index in [0.717, 1.165) is 16.8 Å². The minimum atomic E-state index is -1.14. The summed E-state index contributed by atoms with van der Waals surface area (Å²) in [6.45, 7) is 0.413. The van der Waals surface area contributed by atoms with Gasteiger partial charge in [-0.3, -0.25) is 0 Å². The molecular weight excluding hydrogens is 563 g/mol. The van der Waals surface area contributed by atoms with Crippen LogP contribution in [0.5, 0.6) is 17.2 Å². The molecule has 11 heteroatoms. The van der Waals surface area contributed by atoms with Crippen molar-refractivity contribution in [3.05, 3.63) is 88.1 Å². The number of thioether (sulfide) groups is 1. The van der Waals surface area contributed by atoms with E-state index >= 15 is 8.78 Å². The third-order valence-corrected chi connectivity index (χ3v) is 8.00. The Labute approximate surface area is 236 Å². The second-order valence-electron chi connectivity index (χ2n) is 9.33. The molecule has 0 aliphatic carbocycles. The lowest BCUT2D eigenvalue weighted by Gasteiger charge is -2.27. The van der Waals surface area contributed by atoms with Crippen LogP contribution in [0.25, 0.3) is 22.3 Å². The van der Waals surface area contributed by atoms with Gasteiger partial charge < -0.3 is 24.5 Å². The smallest absolute Gasteiger partial charge is 0.204 e. The van der Waals surface area contributed by atoms with E-state index in [1.54, 1.807) is 24.6 Å². The number of aliphatic hydroxyl groups is 1. The molecule has 3 aromatic carbocycles. The van der Waals surface area contributed by atoms with Gasteiger partial charge >= 0.3 is 0 Å². The van der Waals surface area contributed by atoms with Gasteiger partial charge in [-0.15, -0.1) is 11.8 Å². The van der Waals surface area contributed by atoms with Crippen LogP contribution in [0, 0.1) is 17.5 Å². The maximum absolute atomic E-state index is 15.0. The van der Waals surface area contributed by atoms with Gasteiger partial charge in [0.25, 0.3) is 0 Å². The summed E-state index contributed by atoms with van der Waals surface area (Å²) in [7, 11) is 0. The number of aromatic nitrogens is 3. The van der Waals surface area contributed by atoms with Crippen molar-refractivity contribution in [2.75, 3.05) is 19.5 Å². The molecule has 3 N–H and O–H groups in total. The number of halogens is 4. The highest BCUT2D eigenvalue weighted by Gasteiger charge is 2.28. The van der Waals surface area contributed by atoms with Crippen molar-refractivity contribution in [3.8, 4) is 28.6 Å². The predicted octanol–water partition coefficient (Wildman–Crippen LogP) is 7.59. The number of H-pyrrole nitrogens is 2. The minimum absolute atomic E-state index is 0.0409. The Hall–Kier alpha value is -3.60. The van der Waals surface area contributed by atoms with E-state index in [0.29, 0.717) is 40.5 Å². The largest absolute Gasteiger partial charge is 0.493 e. The second kappa shape index (κ2) is 10.8. The van der Waals surface area contributed by atoms with Crippen molar-refractivity contribution < 1.29 is 27.8 Å². The fourth-order valence-corrected chi connectivity index (χ4v) is 6.11. The fraction of sp³-hybridized carbons (Fsp3) is 0.207. The second-order valence-corrected chi connectivity index (χ2v) is 10.6. The zero-order valence-electron chi connectivity index (χ0n) is 21.2. The van der Waals surface area contributed by atoms with Crippen molar-refractivity contribution in [2.24, 2.45) is 0 Å². The first-order chi connectivity index (χ1) is 19.4. The Balaban J connectivity index is 1.35. The zero-order chi connectivity index (χ0) is 28.0. The van der Waals surface area contributed by atoms with Crippen LogP contribution in [0.3, 0.4) is 0 Å². The van der Waals surface area contributed by atoms with Gasteiger partial charge in [-0.05, 0) is 61.1 Å². The summed E-state index contributed by atoms with van der Waals surface area (Å²) in [5, 5.41) is 10.5. The summed E-state index contributed by atoms with van der Waals surface area (Å²) in [6.07, 6.45) is 5.94. The van der Waals surface area contributed by atoms with Gasteiger partial charge in [0.2, 0.25) is 5.82 Å². The third-order valence-electron chi connectivity index (χ3n) is 6.97. The molecule has 3 heterocycles. The summed E-state index contributed by atoms with van der Waals surface area (Å²) in [5.41, 5.74) is 2.57. The normalized spacial score (nSPS) is 14.8. The number of fused-ring (bicyclic) bond motifs is 2. The first kappa shape index (κ1) is 26.6. The number of benzene rings is 3. The summed E-state index contributed by atoms with van der Waals surface area (Å²) < 4.78 is 56.5. The van der Waals surface area contributed by atoms with Crippen LogP contribution in [0.4, 0.5) is 13.2 Å². The predicted molar refractivity (Wildman–Crippen MR) is 148 cm³/mol. The van der Waals surface area contributed by atoms with E-state index in [1.807, 2.05) is 6.07 Å². The minimum Gasteiger partial charge on any atom is -0.493 e. The van der Waals surface area contributed by atoms with Crippen molar-refractivity contribution in [1.29, 1.82) is 0 Å². The van der Waals surface area contributed by atoms with Crippen LogP contribution in [-0.2, 0) is 6.42 Å². The molecule has 0 saturated carbocycles. The molecule has 6 nitrogen and oxygen atoms in total. The average Bonchev–Trinajstić information content (AvgIpc) is 3.63. The van der Waals surface area contributed by atoms with E-state index in [2.05, 4.69) is 15.0 Å². The molecule has 6 rings (SSSR count). The van der Waals surface area contributed by atoms with E-state index in [4.69, 9.17) is 21.1 Å². The molecule has 2 aromatic heterocycles. The molecule has 1 aliphatic heterocycles. The van der Waals surface area contributed by atoms with Crippen LogP contribution in [-0.4, -0.2) is 39.5 Å². The maximum Gasteiger partial charge on any atom is 0.204 e. The highest BCUT2D eigenvalue weighted by Crippen LogP contribution is 2.44. The molecular formula is C29H23ClF3N3O3S. The van der Waals surface area contributed by atoms with Crippen molar-refractivity contribution in [1.82, 2.24) is 15.0 Å².